The molecule has 6 rings (SSSR count). The van der Waals surface area contributed by atoms with E-state index in [1.54, 1.807) is 32.2 Å². The van der Waals surface area contributed by atoms with E-state index < -0.39 is 126 Å². The lowest BCUT2D eigenvalue weighted by molar-refractivity contribution is -0.136. The maximum absolute atomic E-state index is 14.9. The summed E-state index contributed by atoms with van der Waals surface area (Å²) in [5, 5.41) is 44.5. The third-order valence-corrected chi connectivity index (χ3v) is 16.2. The number of carbonyl (C=O) groups is 9. The van der Waals surface area contributed by atoms with Crippen molar-refractivity contribution in [3.05, 3.63) is 114 Å². The van der Waals surface area contributed by atoms with Gasteiger partial charge in [0.1, 0.15) is 23.9 Å². The Morgan fingerprint density at radius 2 is 1.38 bits per heavy atom. The van der Waals surface area contributed by atoms with Gasteiger partial charge in [-0.1, -0.05) is 108 Å². The van der Waals surface area contributed by atoms with Crippen LogP contribution in [0.15, 0.2) is 97.2 Å². The molecule has 0 spiro atoms. The molecule has 0 aliphatic carbocycles. The lowest BCUT2D eigenvalue weighted by Crippen LogP contribution is -2.57. The summed E-state index contributed by atoms with van der Waals surface area (Å²) in [6, 6.07) is 19.4. The Labute approximate surface area is 478 Å². The Morgan fingerprint density at radius 1 is 0.753 bits per heavy atom. The number of fused-ring (bicyclic) bond motifs is 2. The third kappa shape index (κ3) is 20.0. The summed E-state index contributed by atoms with van der Waals surface area (Å²) in [6.45, 7) is 6.07. The molecular formula is C58H75N9O12S2. The molecule has 4 aromatic carbocycles. The van der Waals surface area contributed by atoms with Crippen molar-refractivity contribution in [2.45, 2.75) is 121 Å². The van der Waals surface area contributed by atoms with Crippen molar-refractivity contribution in [3.8, 4) is 5.75 Å². The first-order chi connectivity index (χ1) is 38.5. The lowest BCUT2D eigenvalue weighted by Gasteiger charge is -2.29. The van der Waals surface area contributed by atoms with Crippen LogP contribution in [0.3, 0.4) is 0 Å². The van der Waals surface area contributed by atoms with Crippen molar-refractivity contribution < 1.29 is 58.5 Å². The van der Waals surface area contributed by atoms with Crippen LogP contribution in [0.25, 0.3) is 21.7 Å². The average Bonchev–Trinajstić information content (AvgIpc) is 3.88. The number of H-pyrrole nitrogens is 1. The highest BCUT2D eigenvalue weighted by atomic mass is 33.1. The number of carboxylic acid groups (broad SMARTS) is 1. The number of nitrogens with two attached hydrogens (primary N) is 3. The highest BCUT2D eigenvalue weighted by Crippen LogP contribution is 2.29. The number of rotatable bonds is 17. The van der Waals surface area contributed by atoms with Crippen molar-refractivity contribution in [1.82, 2.24) is 31.6 Å². The van der Waals surface area contributed by atoms with E-state index in [0.717, 1.165) is 55.8 Å². The topological polar surface area (TPSA) is 368 Å². The molecule has 2 heterocycles. The number of aliphatic hydroxyl groups is 1. The summed E-state index contributed by atoms with van der Waals surface area (Å²) in [7, 11) is 2.20. The van der Waals surface area contributed by atoms with E-state index in [9.17, 15) is 48.6 Å². The normalized spacial score (nSPS) is 21.1. The van der Waals surface area contributed by atoms with E-state index in [1.807, 2.05) is 66.7 Å². The first kappa shape index (κ1) is 64.5. The molecule has 5 aromatic rings. The molecule has 1 fully saturated rings. The molecular weight excluding hydrogens is 1080 g/mol. The quantitative estimate of drug-likeness (QED) is 0.0470. The molecule has 23 heteroatoms. The zero-order valence-corrected chi connectivity index (χ0v) is 47.5. The molecule has 6 amide bonds. The second-order valence-electron chi connectivity index (χ2n) is 20.6. The van der Waals surface area contributed by atoms with E-state index in [1.165, 1.54) is 19.1 Å². The maximum atomic E-state index is 14.9. The first-order valence-electron chi connectivity index (χ1n) is 26.8. The molecule has 436 valence electrons. The molecule has 81 heavy (non-hydrogen) atoms. The van der Waals surface area contributed by atoms with Gasteiger partial charge in [0.15, 0.2) is 11.6 Å². The Kier molecular flexibility index (Phi) is 25.2. The van der Waals surface area contributed by atoms with Gasteiger partial charge in [-0.25, -0.2) is 0 Å². The number of nitrogens with one attached hydrogen (secondary N) is 6. The third-order valence-electron chi connectivity index (χ3n) is 13.7. The second-order valence-corrected chi connectivity index (χ2v) is 23.1. The van der Waals surface area contributed by atoms with E-state index in [-0.39, 0.29) is 42.9 Å². The molecule has 9 unspecified atom stereocenters. The van der Waals surface area contributed by atoms with Gasteiger partial charge in [-0.2, -0.15) is 0 Å². The van der Waals surface area contributed by atoms with Crippen LogP contribution >= 0.6 is 21.6 Å². The predicted octanol–water partition coefficient (Wildman–Crippen LogP) is 3.09. The average molecular weight is 1150 g/mol. The summed E-state index contributed by atoms with van der Waals surface area (Å²) >= 11 is 0. The number of aromatic amines is 1. The Hall–Kier alpha value is -7.31. The number of benzene rings is 4. The second kappa shape index (κ2) is 31.6. The number of hydrogen-bond acceptors (Lipinski definition) is 15. The van der Waals surface area contributed by atoms with Gasteiger partial charge in [0.25, 0.3) is 5.97 Å². The summed E-state index contributed by atoms with van der Waals surface area (Å²) in [5.74, 6) is -9.56. The van der Waals surface area contributed by atoms with Gasteiger partial charge in [-0.15, -0.1) is 0 Å². The van der Waals surface area contributed by atoms with Crippen LogP contribution in [0, 0.1) is 17.8 Å². The fraction of sp³-hybridized carbons (Fsp3) is 0.431. The van der Waals surface area contributed by atoms with E-state index in [4.69, 9.17) is 27.1 Å². The van der Waals surface area contributed by atoms with E-state index in [0.29, 0.717) is 30.5 Å². The minimum Gasteiger partial charge on any atom is -0.508 e. The van der Waals surface area contributed by atoms with Crippen molar-refractivity contribution in [3.63, 3.8) is 0 Å². The molecule has 9 atom stereocenters. The lowest BCUT2D eigenvalue weighted by atomic mass is 9.90. The van der Waals surface area contributed by atoms with Gasteiger partial charge in [0.05, 0.1) is 30.1 Å². The number of unbranched alkanes of at least 4 members (excludes halogenated alkanes) is 1. The van der Waals surface area contributed by atoms with Crippen molar-refractivity contribution in [2.75, 3.05) is 18.1 Å². The van der Waals surface area contributed by atoms with Crippen molar-refractivity contribution in [1.29, 1.82) is 0 Å². The number of aromatic nitrogens is 1. The predicted molar refractivity (Wildman–Crippen MR) is 312 cm³/mol. The number of carbonyl (C=O) groups excluding carboxylic acids is 8. The molecule has 21 nitrogen and oxygen atoms in total. The van der Waals surface area contributed by atoms with Gasteiger partial charge in [0, 0.05) is 60.7 Å². The minimum atomic E-state index is -1.50. The molecule has 1 aliphatic rings. The smallest absolute Gasteiger partial charge is 0.300 e. The highest BCUT2D eigenvalue weighted by Gasteiger charge is 2.37. The molecule has 15 N–H and O–H groups in total. The van der Waals surface area contributed by atoms with Gasteiger partial charge in [-0.05, 0) is 97.2 Å². The summed E-state index contributed by atoms with van der Waals surface area (Å²) in [6.07, 6.45) is 0.484. The number of aliphatic hydroxyl groups excluding tert-OH is 1. The van der Waals surface area contributed by atoms with E-state index in [2.05, 4.69) is 31.6 Å². The number of phenolic OH excluding ortho intramolecular Hbond substituents is 1. The standard InChI is InChI=1S/C56H71N9O10S2.C2H4O2/c1-31(2)49-48(69)27-39(53(72)65-50(32(3)66)51(59)70)29-76-77-30-46(63-54(73)42(58)24-34-15-18-35-10-4-5-11-36(35)23-34)47(68)26-37(22-33-16-19-40(67)20-17-33)52(71)62-45(25-38-28-60-43-13-7-6-12-41(38)43)56(75)61-44(55(74)64-49)14-8-9-21-57;1-2(3)4/h4-7,10-13,15-20,23,28,31-32,37,39,42,44-46,49-50,60,66-67H,8-9,14,21-22,24-27,29-30,57-58H2,1-3H3,(H2,59,70)(H,61,75)(H,62,71)(H,63,73)(H,64,74)(H,65,72);1H3,(H,3,4). The highest BCUT2D eigenvalue weighted by molar-refractivity contribution is 8.76. The van der Waals surface area contributed by atoms with Crippen molar-refractivity contribution >= 4 is 96.2 Å². The summed E-state index contributed by atoms with van der Waals surface area (Å²) in [4.78, 5) is 126. The van der Waals surface area contributed by atoms with Gasteiger partial charge < -0.3 is 64.1 Å². The molecule has 0 radical (unpaired) electrons. The molecule has 1 aromatic heterocycles. The van der Waals surface area contributed by atoms with Crippen molar-refractivity contribution in [2.24, 2.45) is 35.0 Å². The van der Waals surface area contributed by atoms with Crippen LogP contribution in [0.4, 0.5) is 0 Å². The van der Waals surface area contributed by atoms with Crippen LogP contribution in [0.2, 0.25) is 0 Å². The zero-order chi connectivity index (χ0) is 59.3. The fourth-order valence-electron chi connectivity index (χ4n) is 9.24. The number of hydrogen-bond donors (Lipinski definition) is 12. The van der Waals surface area contributed by atoms with Crippen LogP contribution in [-0.4, -0.2) is 134 Å². The van der Waals surface area contributed by atoms with Gasteiger partial charge >= 0.3 is 0 Å². The van der Waals surface area contributed by atoms with Gasteiger partial charge in [0.2, 0.25) is 35.4 Å². The first-order valence-corrected chi connectivity index (χ1v) is 29.3. The Bertz CT molecular complexity index is 2990. The molecule has 0 bridgehead atoms. The number of aliphatic carboxylic acids is 1. The van der Waals surface area contributed by atoms with Crippen LogP contribution in [-0.2, 0) is 62.4 Å². The number of amides is 6. The summed E-state index contributed by atoms with van der Waals surface area (Å²) < 4.78 is 0. The van der Waals surface area contributed by atoms with Gasteiger partial charge in [-0.3, -0.25) is 43.2 Å². The number of ketones is 2. The number of para-hydroxylation sites is 1. The molecule has 0 saturated carbocycles. The number of phenols is 1. The van der Waals surface area contributed by atoms with Crippen LogP contribution < -0.4 is 43.8 Å². The zero-order valence-electron chi connectivity index (χ0n) is 45.9. The van der Waals surface area contributed by atoms with Crippen LogP contribution in [0.1, 0.15) is 76.5 Å². The fourth-order valence-corrected chi connectivity index (χ4v) is 11.7. The largest absolute Gasteiger partial charge is 0.508 e. The number of carboxylic acids is 1. The minimum absolute atomic E-state index is 0.0252. The van der Waals surface area contributed by atoms with E-state index >= 15 is 0 Å². The van der Waals surface area contributed by atoms with Crippen LogP contribution in [0.5, 0.6) is 5.75 Å². The maximum Gasteiger partial charge on any atom is 0.300 e. The number of primary amides is 1. The Morgan fingerprint density at radius 3 is 2.05 bits per heavy atom. The number of Topliss-reactive ketones (excluding diaryl/α,β-unsaturated/α-hetero) is 2. The monoisotopic (exact) mass is 1150 g/mol. The SMILES string of the molecule is CC(=O)O.CC(C)C1NC(=O)C(CCCCN)NC(=O)C(Cc2c[nH]c3ccccc23)NC(=O)C(Cc2ccc(O)cc2)CC(=O)C(NC(=O)C(N)Cc2ccc3ccccc3c2)CSSCC(C(=O)NC(C(N)=O)C(C)O)CC1=O. The summed E-state index contributed by atoms with van der Waals surface area (Å²) in [5.41, 5.74) is 20.7. The number of aromatic hydroxyl groups is 1. The Balaban J connectivity index is 0.00000291. The molecule has 1 saturated heterocycles. The molecule has 1 aliphatic heterocycles.